The molecule has 104 valence electrons. The first-order valence-electron chi connectivity index (χ1n) is 7.29. The number of amides is 1. The van der Waals surface area contributed by atoms with E-state index in [0.717, 1.165) is 32.2 Å². The SMILES string of the molecule is CCC1COCCN1C(=O)C1CCCC(C)C1N. The zero-order valence-corrected chi connectivity index (χ0v) is 11.6. The summed E-state index contributed by atoms with van der Waals surface area (Å²) < 4.78 is 5.46. The van der Waals surface area contributed by atoms with Crippen molar-refractivity contribution in [2.24, 2.45) is 17.6 Å². The number of morpholine rings is 1. The third-order valence-electron chi connectivity index (χ3n) is 4.60. The fraction of sp³-hybridized carbons (Fsp3) is 0.929. The zero-order valence-electron chi connectivity index (χ0n) is 11.6. The summed E-state index contributed by atoms with van der Waals surface area (Å²) >= 11 is 0. The second kappa shape index (κ2) is 6.02. The predicted octanol–water partition coefficient (Wildman–Crippen LogP) is 1.39. The zero-order chi connectivity index (χ0) is 13.1. The maximum atomic E-state index is 12.7. The summed E-state index contributed by atoms with van der Waals surface area (Å²) in [6, 6.07) is 0.280. The van der Waals surface area contributed by atoms with Gasteiger partial charge < -0.3 is 15.4 Å². The minimum atomic E-state index is 0.0286. The minimum Gasteiger partial charge on any atom is -0.377 e. The van der Waals surface area contributed by atoms with Crippen LogP contribution in [0.1, 0.15) is 39.5 Å². The Morgan fingerprint density at radius 2 is 2.22 bits per heavy atom. The molecule has 1 amide bonds. The van der Waals surface area contributed by atoms with Crippen LogP contribution in [0.4, 0.5) is 0 Å². The molecule has 0 bridgehead atoms. The molecule has 1 aliphatic carbocycles. The van der Waals surface area contributed by atoms with Gasteiger partial charge in [0.25, 0.3) is 0 Å². The number of hydrogen-bond donors (Lipinski definition) is 1. The van der Waals surface area contributed by atoms with Crippen molar-refractivity contribution in [1.82, 2.24) is 4.90 Å². The molecule has 1 saturated carbocycles. The van der Waals surface area contributed by atoms with Crippen LogP contribution in [0, 0.1) is 11.8 Å². The van der Waals surface area contributed by atoms with Crippen LogP contribution >= 0.6 is 0 Å². The molecule has 2 aliphatic rings. The number of rotatable bonds is 2. The summed E-state index contributed by atoms with van der Waals surface area (Å²) in [6.07, 6.45) is 4.21. The Bertz CT molecular complexity index is 286. The first-order valence-corrected chi connectivity index (χ1v) is 7.29. The molecular formula is C14H26N2O2. The van der Waals surface area contributed by atoms with E-state index in [1.807, 2.05) is 4.90 Å². The lowest BCUT2D eigenvalue weighted by Gasteiger charge is -2.41. The third kappa shape index (κ3) is 2.69. The number of carbonyl (C=O) groups is 1. The van der Waals surface area contributed by atoms with Crippen molar-refractivity contribution in [2.75, 3.05) is 19.8 Å². The summed E-state index contributed by atoms with van der Waals surface area (Å²) in [5, 5.41) is 0. The fourth-order valence-electron chi connectivity index (χ4n) is 3.23. The van der Waals surface area contributed by atoms with Gasteiger partial charge in [0.1, 0.15) is 0 Å². The predicted molar refractivity (Wildman–Crippen MR) is 71.1 cm³/mol. The highest BCUT2D eigenvalue weighted by Gasteiger charge is 2.37. The Balaban J connectivity index is 2.04. The molecule has 0 aromatic carbocycles. The first kappa shape index (κ1) is 13.8. The molecule has 0 aromatic rings. The number of nitrogens with two attached hydrogens (primary N) is 1. The maximum absolute atomic E-state index is 12.7. The van der Waals surface area contributed by atoms with Gasteiger partial charge in [0.15, 0.2) is 0 Å². The lowest BCUT2D eigenvalue weighted by molar-refractivity contribution is -0.146. The average Bonchev–Trinajstić information content (AvgIpc) is 2.41. The molecule has 4 heteroatoms. The van der Waals surface area contributed by atoms with E-state index in [1.165, 1.54) is 0 Å². The van der Waals surface area contributed by atoms with Crippen LogP contribution in [0.5, 0.6) is 0 Å². The van der Waals surface area contributed by atoms with Crippen LogP contribution in [0.25, 0.3) is 0 Å². The summed E-state index contributed by atoms with van der Waals surface area (Å²) in [6.45, 7) is 6.36. The smallest absolute Gasteiger partial charge is 0.227 e. The van der Waals surface area contributed by atoms with E-state index >= 15 is 0 Å². The number of nitrogens with zero attached hydrogens (tertiary/aromatic N) is 1. The highest BCUT2D eigenvalue weighted by Crippen LogP contribution is 2.30. The molecule has 2 N–H and O–H groups in total. The molecule has 2 rings (SSSR count). The molecule has 4 atom stereocenters. The Hall–Kier alpha value is -0.610. The van der Waals surface area contributed by atoms with E-state index in [-0.39, 0.29) is 23.9 Å². The Labute approximate surface area is 110 Å². The fourth-order valence-corrected chi connectivity index (χ4v) is 3.23. The highest BCUT2D eigenvalue weighted by molar-refractivity contribution is 5.80. The van der Waals surface area contributed by atoms with Crippen molar-refractivity contribution in [2.45, 2.75) is 51.6 Å². The van der Waals surface area contributed by atoms with E-state index in [1.54, 1.807) is 0 Å². The van der Waals surface area contributed by atoms with Gasteiger partial charge in [0.2, 0.25) is 5.91 Å². The summed E-state index contributed by atoms with van der Waals surface area (Å²) in [4.78, 5) is 14.7. The summed E-state index contributed by atoms with van der Waals surface area (Å²) in [7, 11) is 0. The van der Waals surface area contributed by atoms with Crippen molar-refractivity contribution in [1.29, 1.82) is 0 Å². The van der Waals surface area contributed by atoms with Gasteiger partial charge in [0, 0.05) is 12.6 Å². The van der Waals surface area contributed by atoms with Gasteiger partial charge >= 0.3 is 0 Å². The quantitative estimate of drug-likeness (QED) is 0.810. The Morgan fingerprint density at radius 1 is 1.44 bits per heavy atom. The van der Waals surface area contributed by atoms with Crippen LogP contribution in [0.15, 0.2) is 0 Å². The Morgan fingerprint density at radius 3 is 2.94 bits per heavy atom. The molecule has 4 nitrogen and oxygen atoms in total. The van der Waals surface area contributed by atoms with E-state index in [2.05, 4.69) is 13.8 Å². The van der Waals surface area contributed by atoms with Gasteiger partial charge in [-0.3, -0.25) is 4.79 Å². The van der Waals surface area contributed by atoms with Crippen molar-refractivity contribution < 1.29 is 9.53 Å². The van der Waals surface area contributed by atoms with Gasteiger partial charge in [0.05, 0.1) is 25.2 Å². The second-order valence-electron chi connectivity index (χ2n) is 5.76. The van der Waals surface area contributed by atoms with Crippen LogP contribution in [0.2, 0.25) is 0 Å². The number of ether oxygens (including phenoxy) is 1. The van der Waals surface area contributed by atoms with Gasteiger partial charge in [-0.15, -0.1) is 0 Å². The lowest BCUT2D eigenvalue weighted by Crippen LogP contribution is -2.55. The van der Waals surface area contributed by atoms with Gasteiger partial charge in [-0.05, 0) is 25.2 Å². The maximum Gasteiger partial charge on any atom is 0.227 e. The molecule has 1 heterocycles. The van der Waals surface area contributed by atoms with Crippen molar-refractivity contribution in [3.8, 4) is 0 Å². The average molecular weight is 254 g/mol. The van der Waals surface area contributed by atoms with Crippen LogP contribution < -0.4 is 5.73 Å². The van der Waals surface area contributed by atoms with Crippen LogP contribution in [-0.2, 0) is 9.53 Å². The normalized spacial score (nSPS) is 37.6. The van der Waals surface area contributed by atoms with Crippen molar-refractivity contribution in [3.63, 3.8) is 0 Å². The van der Waals surface area contributed by atoms with Crippen molar-refractivity contribution in [3.05, 3.63) is 0 Å². The number of carbonyl (C=O) groups excluding carboxylic acids is 1. The van der Waals surface area contributed by atoms with E-state index in [4.69, 9.17) is 10.5 Å². The molecule has 1 aliphatic heterocycles. The topological polar surface area (TPSA) is 55.6 Å². The molecule has 18 heavy (non-hydrogen) atoms. The molecular weight excluding hydrogens is 228 g/mol. The van der Waals surface area contributed by atoms with Gasteiger partial charge in [-0.25, -0.2) is 0 Å². The summed E-state index contributed by atoms with van der Waals surface area (Å²) in [5.74, 6) is 0.763. The molecule has 0 aromatic heterocycles. The second-order valence-corrected chi connectivity index (χ2v) is 5.76. The first-order chi connectivity index (χ1) is 8.65. The van der Waals surface area contributed by atoms with Crippen molar-refractivity contribution >= 4 is 5.91 Å². The summed E-state index contributed by atoms with van der Waals surface area (Å²) in [5.41, 5.74) is 6.24. The van der Waals surface area contributed by atoms with Crippen LogP contribution in [-0.4, -0.2) is 42.6 Å². The molecule has 4 unspecified atom stereocenters. The molecule has 0 spiro atoms. The van der Waals surface area contributed by atoms with E-state index in [0.29, 0.717) is 19.1 Å². The standard InChI is InChI=1S/C14H26N2O2/c1-3-11-9-18-8-7-16(11)14(17)12-6-4-5-10(2)13(12)15/h10-13H,3-9,15H2,1-2H3. The molecule has 0 radical (unpaired) electrons. The third-order valence-corrected chi connectivity index (χ3v) is 4.60. The molecule has 2 fully saturated rings. The van der Waals surface area contributed by atoms with E-state index in [9.17, 15) is 4.79 Å². The molecule has 1 saturated heterocycles. The lowest BCUT2D eigenvalue weighted by atomic mass is 9.77. The monoisotopic (exact) mass is 254 g/mol. The largest absolute Gasteiger partial charge is 0.377 e. The van der Waals surface area contributed by atoms with Gasteiger partial charge in [-0.2, -0.15) is 0 Å². The van der Waals surface area contributed by atoms with Gasteiger partial charge in [-0.1, -0.05) is 20.3 Å². The Kier molecular flexibility index (Phi) is 4.62. The van der Waals surface area contributed by atoms with E-state index < -0.39 is 0 Å². The van der Waals surface area contributed by atoms with Crippen LogP contribution in [0.3, 0.4) is 0 Å². The number of hydrogen-bond acceptors (Lipinski definition) is 3. The minimum absolute atomic E-state index is 0.0286. The highest BCUT2D eigenvalue weighted by atomic mass is 16.5.